The molecule has 0 saturated heterocycles. The molecule has 0 unspecified atom stereocenters. The van der Waals surface area contributed by atoms with Crippen molar-refractivity contribution in [1.29, 1.82) is 0 Å². The maximum absolute atomic E-state index is 5.38. The number of rotatable bonds is 6. The van der Waals surface area contributed by atoms with Crippen LogP contribution in [0.2, 0.25) is 0 Å². The standard InChI is InChI=1S/C13H20BrNO2/c1-13(2,17-4)7-8-15-11-9-10(14)5-6-12(11)16-3/h5-6,9,15H,7-8H2,1-4H3. The molecule has 0 aliphatic heterocycles. The van der Waals surface area contributed by atoms with Crippen molar-refractivity contribution in [3.8, 4) is 5.75 Å². The molecule has 0 bridgehead atoms. The summed E-state index contributed by atoms with van der Waals surface area (Å²) in [7, 11) is 3.41. The van der Waals surface area contributed by atoms with Crippen molar-refractivity contribution in [2.24, 2.45) is 0 Å². The zero-order chi connectivity index (χ0) is 12.9. The van der Waals surface area contributed by atoms with Crippen molar-refractivity contribution in [3.05, 3.63) is 22.7 Å². The fourth-order valence-electron chi connectivity index (χ4n) is 1.42. The highest BCUT2D eigenvalue weighted by Crippen LogP contribution is 2.28. The minimum atomic E-state index is -0.105. The first-order chi connectivity index (χ1) is 7.98. The van der Waals surface area contributed by atoms with Crippen molar-refractivity contribution >= 4 is 21.6 Å². The summed E-state index contributed by atoms with van der Waals surface area (Å²) in [5.74, 6) is 0.850. The Kier molecular flexibility index (Phi) is 5.28. The molecule has 1 aromatic rings. The van der Waals surface area contributed by atoms with E-state index in [0.717, 1.165) is 28.9 Å². The predicted octanol–water partition coefficient (Wildman–Crippen LogP) is 3.68. The van der Waals surface area contributed by atoms with Crippen LogP contribution >= 0.6 is 15.9 Å². The van der Waals surface area contributed by atoms with Crippen LogP contribution in [0, 0.1) is 0 Å². The Balaban J connectivity index is 2.59. The number of anilines is 1. The van der Waals surface area contributed by atoms with Gasteiger partial charge in [0.1, 0.15) is 5.75 Å². The first-order valence-corrected chi connectivity index (χ1v) is 6.40. The Morgan fingerprint density at radius 2 is 2.00 bits per heavy atom. The lowest BCUT2D eigenvalue weighted by atomic mass is 10.1. The molecule has 0 aliphatic rings. The fraction of sp³-hybridized carbons (Fsp3) is 0.538. The van der Waals surface area contributed by atoms with Gasteiger partial charge in [0, 0.05) is 18.1 Å². The molecule has 1 aromatic carbocycles. The van der Waals surface area contributed by atoms with E-state index in [4.69, 9.17) is 9.47 Å². The van der Waals surface area contributed by atoms with Crippen LogP contribution in [0.4, 0.5) is 5.69 Å². The van der Waals surface area contributed by atoms with Gasteiger partial charge in [-0.05, 0) is 38.5 Å². The third-order valence-electron chi connectivity index (χ3n) is 2.76. The SMILES string of the molecule is COc1ccc(Br)cc1NCCC(C)(C)OC. The third-order valence-corrected chi connectivity index (χ3v) is 3.25. The topological polar surface area (TPSA) is 30.5 Å². The Labute approximate surface area is 112 Å². The van der Waals surface area contributed by atoms with Gasteiger partial charge in [-0.2, -0.15) is 0 Å². The number of ether oxygens (including phenoxy) is 2. The minimum Gasteiger partial charge on any atom is -0.495 e. The summed E-state index contributed by atoms with van der Waals surface area (Å²) in [6, 6.07) is 5.91. The molecule has 17 heavy (non-hydrogen) atoms. The van der Waals surface area contributed by atoms with Crippen molar-refractivity contribution in [1.82, 2.24) is 0 Å². The summed E-state index contributed by atoms with van der Waals surface area (Å²) in [5, 5.41) is 3.36. The van der Waals surface area contributed by atoms with E-state index in [1.807, 2.05) is 18.2 Å². The molecule has 0 aromatic heterocycles. The lowest BCUT2D eigenvalue weighted by molar-refractivity contribution is 0.0185. The number of benzene rings is 1. The highest BCUT2D eigenvalue weighted by molar-refractivity contribution is 9.10. The highest BCUT2D eigenvalue weighted by atomic mass is 79.9. The summed E-state index contributed by atoms with van der Waals surface area (Å²) in [4.78, 5) is 0. The molecule has 0 aliphatic carbocycles. The number of hydrogen-bond acceptors (Lipinski definition) is 3. The molecule has 0 heterocycles. The van der Waals surface area contributed by atoms with Crippen molar-refractivity contribution in [3.63, 3.8) is 0 Å². The summed E-state index contributed by atoms with van der Waals surface area (Å²) >= 11 is 3.45. The van der Waals surface area contributed by atoms with Gasteiger partial charge in [-0.15, -0.1) is 0 Å². The van der Waals surface area contributed by atoms with E-state index in [1.165, 1.54) is 0 Å². The van der Waals surface area contributed by atoms with Gasteiger partial charge in [-0.25, -0.2) is 0 Å². The molecule has 96 valence electrons. The normalized spacial score (nSPS) is 11.4. The number of halogens is 1. The van der Waals surface area contributed by atoms with Gasteiger partial charge in [-0.1, -0.05) is 15.9 Å². The van der Waals surface area contributed by atoms with Crippen LogP contribution in [0.15, 0.2) is 22.7 Å². The molecule has 0 spiro atoms. The minimum absolute atomic E-state index is 0.105. The van der Waals surface area contributed by atoms with E-state index >= 15 is 0 Å². The first kappa shape index (κ1) is 14.3. The number of methoxy groups -OCH3 is 2. The van der Waals surface area contributed by atoms with Crippen molar-refractivity contribution in [2.75, 3.05) is 26.1 Å². The van der Waals surface area contributed by atoms with Gasteiger partial charge in [0.05, 0.1) is 18.4 Å². The van der Waals surface area contributed by atoms with E-state index in [9.17, 15) is 0 Å². The second-order valence-corrected chi connectivity index (χ2v) is 5.40. The summed E-state index contributed by atoms with van der Waals surface area (Å²) < 4.78 is 11.7. The van der Waals surface area contributed by atoms with Crippen LogP contribution in [-0.2, 0) is 4.74 Å². The van der Waals surface area contributed by atoms with E-state index in [1.54, 1.807) is 14.2 Å². The molecule has 1 N–H and O–H groups in total. The van der Waals surface area contributed by atoms with Gasteiger partial charge >= 0.3 is 0 Å². The van der Waals surface area contributed by atoms with Gasteiger partial charge in [0.15, 0.2) is 0 Å². The first-order valence-electron chi connectivity index (χ1n) is 5.61. The maximum atomic E-state index is 5.38. The molecule has 0 saturated carbocycles. The Morgan fingerprint density at radius 3 is 2.59 bits per heavy atom. The third kappa shape index (κ3) is 4.56. The second-order valence-electron chi connectivity index (χ2n) is 4.49. The Bertz CT molecular complexity index is 366. The van der Waals surface area contributed by atoms with E-state index in [-0.39, 0.29) is 5.60 Å². The quantitative estimate of drug-likeness (QED) is 0.869. The van der Waals surface area contributed by atoms with Crippen LogP contribution in [0.5, 0.6) is 5.75 Å². The van der Waals surface area contributed by atoms with Crippen LogP contribution in [0.3, 0.4) is 0 Å². The molecule has 0 amide bonds. The van der Waals surface area contributed by atoms with Gasteiger partial charge in [0.25, 0.3) is 0 Å². The molecule has 4 heteroatoms. The van der Waals surface area contributed by atoms with Gasteiger partial charge in [-0.3, -0.25) is 0 Å². The zero-order valence-electron chi connectivity index (χ0n) is 10.8. The van der Waals surface area contributed by atoms with E-state index < -0.39 is 0 Å². The van der Waals surface area contributed by atoms with Crippen molar-refractivity contribution in [2.45, 2.75) is 25.9 Å². The summed E-state index contributed by atoms with van der Waals surface area (Å²) in [5.41, 5.74) is 0.889. The maximum Gasteiger partial charge on any atom is 0.142 e. The largest absolute Gasteiger partial charge is 0.495 e. The molecule has 0 atom stereocenters. The molecule has 3 nitrogen and oxygen atoms in total. The molecular formula is C13H20BrNO2. The molecule has 0 radical (unpaired) electrons. The van der Waals surface area contributed by atoms with Crippen LogP contribution in [-0.4, -0.2) is 26.4 Å². The number of nitrogens with one attached hydrogen (secondary N) is 1. The number of hydrogen-bond donors (Lipinski definition) is 1. The smallest absolute Gasteiger partial charge is 0.142 e. The van der Waals surface area contributed by atoms with Gasteiger partial charge < -0.3 is 14.8 Å². The monoisotopic (exact) mass is 301 g/mol. The van der Waals surface area contributed by atoms with Crippen molar-refractivity contribution < 1.29 is 9.47 Å². The lowest BCUT2D eigenvalue weighted by Crippen LogP contribution is -2.25. The summed E-state index contributed by atoms with van der Waals surface area (Å²) in [6.07, 6.45) is 0.930. The summed E-state index contributed by atoms with van der Waals surface area (Å²) in [6.45, 7) is 4.99. The average molecular weight is 302 g/mol. The second kappa shape index (κ2) is 6.26. The highest BCUT2D eigenvalue weighted by Gasteiger charge is 2.15. The fourth-order valence-corrected chi connectivity index (χ4v) is 1.78. The van der Waals surface area contributed by atoms with Crippen LogP contribution in [0.25, 0.3) is 0 Å². The van der Waals surface area contributed by atoms with E-state index in [2.05, 4.69) is 35.1 Å². The molecule has 0 fully saturated rings. The van der Waals surface area contributed by atoms with Gasteiger partial charge in [0.2, 0.25) is 0 Å². The molecule has 1 rings (SSSR count). The van der Waals surface area contributed by atoms with Crippen LogP contribution in [0.1, 0.15) is 20.3 Å². The Hall–Kier alpha value is -0.740. The lowest BCUT2D eigenvalue weighted by Gasteiger charge is -2.23. The zero-order valence-corrected chi connectivity index (χ0v) is 12.4. The Morgan fingerprint density at radius 1 is 1.29 bits per heavy atom. The predicted molar refractivity (Wildman–Crippen MR) is 74.9 cm³/mol. The molecular weight excluding hydrogens is 282 g/mol. The van der Waals surface area contributed by atoms with Crippen LogP contribution < -0.4 is 10.1 Å². The van der Waals surface area contributed by atoms with E-state index in [0.29, 0.717) is 0 Å². The average Bonchev–Trinajstić information content (AvgIpc) is 2.29.